The van der Waals surface area contributed by atoms with E-state index in [1.165, 1.54) is 12.1 Å². The van der Waals surface area contributed by atoms with E-state index in [9.17, 15) is 14.0 Å². The Morgan fingerprint density at radius 2 is 2.17 bits per heavy atom. The number of benzene rings is 1. The standard InChI is InChI=1S/C12H11FN2O3/c1-2-3-7-14-12(18)15-10-8(11(16)17)5-4-6-9(10)13/h4-6H,7H2,1H3,(H,16,17)(H2,14,15,18). The average Bonchev–Trinajstić information content (AvgIpc) is 2.31. The van der Waals surface area contributed by atoms with E-state index in [0.29, 0.717) is 0 Å². The lowest BCUT2D eigenvalue weighted by atomic mass is 10.1. The zero-order valence-electron chi connectivity index (χ0n) is 9.58. The maximum Gasteiger partial charge on any atom is 0.337 e. The molecule has 0 aliphatic heterocycles. The van der Waals surface area contributed by atoms with Gasteiger partial charge in [-0.25, -0.2) is 14.0 Å². The molecule has 0 bridgehead atoms. The predicted octanol–water partition coefficient (Wildman–Crippen LogP) is 1.67. The number of urea groups is 1. The monoisotopic (exact) mass is 250 g/mol. The van der Waals surface area contributed by atoms with Gasteiger partial charge in [-0.2, -0.15) is 0 Å². The zero-order chi connectivity index (χ0) is 13.5. The lowest BCUT2D eigenvalue weighted by molar-refractivity contribution is 0.0697. The van der Waals surface area contributed by atoms with Crippen molar-refractivity contribution in [3.05, 3.63) is 29.6 Å². The van der Waals surface area contributed by atoms with Gasteiger partial charge in [0.2, 0.25) is 0 Å². The minimum absolute atomic E-state index is 0.0964. The van der Waals surface area contributed by atoms with Crippen LogP contribution < -0.4 is 10.6 Å². The highest BCUT2D eigenvalue weighted by Gasteiger charge is 2.15. The van der Waals surface area contributed by atoms with E-state index in [4.69, 9.17) is 5.11 Å². The Labute approximate surface area is 103 Å². The molecule has 6 heteroatoms. The Bertz CT molecular complexity index is 532. The second-order valence-corrected chi connectivity index (χ2v) is 3.20. The molecule has 0 aliphatic carbocycles. The van der Waals surface area contributed by atoms with Gasteiger partial charge >= 0.3 is 12.0 Å². The highest BCUT2D eigenvalue weighted by molar-refractivity contribution is 6.00. The number of carboxylic acids is 1. The van der Waals surface area contributed by atoms with Gasteiger partial charge in [0, 0.05) is 0 Å². The second kappa shape index (κ2) is 6.25. The van der Waals surface area contributed by atoms with Crippen LogP contribution in [0.25, 0.3) is 0 Å². The topological polar surface area (TPSA) is 78.4 Å². The number of anilines is 1. The van der Waals surface area contributed by atoms with Crippen molar-refractivity contribution in [1.82, 2.24) is 5.32 Å². The van der Waals surface area contributed by atoms with Crippen LogP contribution in [0.15, 0.2) is 18.2 Å². The molecule has 5 nitrogen and oxygen atoms in total. The molecule has 0 heterocycles. The number of carbonyl (C=O) groups excluding carboxylic acids is 1. The van der Waals surface area contributed by atoms with Gasteiger partial charge in [0.05, 0.1) is 17.8 Å². The van der Waals surface area contributed by atoms with Crippen LogP contribution in [-0.4, -0.2) is 23.7 Å². The van der Waals surface area contributed by atoms with Gasteiger partial charge in [-0.15, -0.1) is 5.92 Å². The highest BCUT2D eigenvalue weighted by atomic mass is 19.1. The van der Waals surface area contributed by atoms with E-state index in [1.807, 2.05) is 0 Å². The number of rotatable bonds is 3. The summed E-state index contributed by atoms with van der Waals surface area (Å²) in [6.07, 6.45) is 0. The van der Waals surface area contributed by atoms with Crippen molar-refractivity contribution < 1.29 is 19.1 Å². The molecule has 0 aliphatic rings. The molecule has 1 aromatic rings. The van der Waals surface area contributed by atoms with Crippen LogP contribution in [0.2, 0.25) is 0 Å². The SMILES string of the molecule is CC#CCNC(=O)Nc1c(F)cccc1C(=O)O. The maximum atomic E-state index is 13.4. The van der Waals surface area contributed by atoms with Crippen LogP contribution in [-0.2, 0) is 0 Å². The van der Waals surface area contributed by atoms with Crippen molar-refractivity contribution in [2.24, 2.45) is 0 Å². The number of carbonyl (C=O) groups is 2. The number of amides is 2. The minimum Gasteiger partial charge on any atom is -0.478 e. The first-order chi connectivity index (χ1) is 8.56. The van der Waals surface area contributed by atoms with Gasteiger partial charge in [0.1, 0.15) is 5.82 Å². The number of hydrogen-bond donors (Lipinski definition) is 3. The van der Waals surface area contributed by atoms with Crippen LogP contribution in [0.3, 0.4) is 0 Å². The maximum absolute atomic E-state index is 13.4. The molecule has 0 saturated carbocycles. The first kappa shape index (κ1) is 13.5. The summed E-state index contributed by atoms with van der Waals surface area (Å²) < 4.78 is 13.4. The van der Waals surface area contributed by atoms with E-state index in [1.54, 1.807) is 6.92 Å². The van der Waals surface area contributed by atoms with Crippen molar-refractivity contribution in [2.45, 2.75) is 6.92 Å². The molecule has 0 spiro atoms. The molecule has 0 fully saturated rings. The summed E-state index contributed by atoms with van der Waals surface area (Å²) in [6, 6.07) is 2.80. The van der Waals surface area contributed by atoms with Crippen LogP contribution in [0.5, 0.6) is 0 Å². The lowest BCUT2D eigenvalue weighted by Gasteiger charge is -2.09. The fourth-order valence-corrected chi connectivity index (χ4v) is 1.20. The Hall–Kier alpha value is -2.55. The highest BCUT2D eigenvalue weighted by Crippen LogP contribution is 2.19. The Balaban J connectivity index is 2.85. The summed E-state index contributed by atoms with van der Waals surface area (Å²) in [5.74, 6) is 3.02. The van der Waals surface area contributed by atoms with E-state index in [-0.39, 0.29) is 17.8 Å². The summed E-state index contributed by atoms with van der Waals surface area (Å²) in [5, 5.41) is 13.3. The first-order valence-corrected chi connectivity index (χ1v) is 5.02. The van der Waals surface area contributed by atoms with Gasteiger partial charge < -0.3 is 15.7 Å². The Morgan fingerprint density at radius 3 is 2.78 bits per heavy atom. The van der Waals surface area contributed by atoms with E-state index < -0.39 is 17.8 Å². The summed E-state index contributed by atoms with van der Waals surface area (Å²) >= 11 is 0. The van der Waals surface area contributed by atoms with E-state index >= 15 is 0 Å². The third-order valence-corrected chi connectivity index (χ3v) is 2.00. The van der Waals surface area contributed by atoms with Gasteiger partial charge in [-0.1, -0.05) is 12.0 Å². The van der Waals surface area contributed by atoms with Crippen LogP contribution in [0.4, 0.5) is 14.9 Å². The Morgan fingerprint density at radius 1 is 1.44 bits per heavy atom. The quantitative estimate of drug-likeness (QED) is 0.714. The van der Waals surface area contributed by atoms with E-state index in [0.717, 1.165) is 6.07 Å². The molecule has 1 aromatic carbocycles. The van der Waals surface area contributed by atoms with Gasteiger partial charge in [-0.3, -0.25) is 0 Å². The molecule has 94 valence electrons. The first-order valence-electron chi connectivity index (χ1n) is 5.02. The summed E-state index contributed by atoms with van der Waals surface area (Å²) in [7, 11) is 0. The number of carboxylic acid groups (broad SMARTS) is 1. The number of para-hydroxylation sites is 1. The molecule has 0 atom stereocenters. The predicted molar refractivity (Wildman–Crippen MR) is 63.8 cm³/mol. The molecular formula is C12H11FN2O3. The minimum atomic E-state index is -1.32. The molecule has 3 N–H and O–H groups in total. The van der Waals surface area contributed by atoms with E-state index in [2.05, 4.69) is 22.5 Å². The van der Waals surface area contributed by atoms with Crippen LogP contribution >= 0.6 is 0 Å². The zero-order valence-corrected chi connectivity index (χ0v) is 9.58. The number of aromatic carboxylic acids is 1. The van der Waals surface area contributed by atoms with Crippen molar-refractivity contribution >= 4 is 17.7 Å². The third-order valence-electron chi connectivity index (χ3n) is 2.00. The van der Waals surface area contributed by atoms with Crippen molar-refractivity contribution in [3.8, 4) is 11.8 Å². The molecule has 18 heavy (non-hydrogen) atoms. The second-order valence-electron chi connectivity index (χ2n) is 3.20. The van der Waals surface area contributed by atoms with Crippen LogP contribution in [0.1, 0.15) is 17.3 Å². The normalized spacial score (nSPS) is 9.00. The molecule has 0 aromatic heterocycles. The smallest absolute Gasteiger partial charge is 0.337 e. The molecule has 0 unspecified atom stereocenters. The van der Waals surface area contributed by atoms with Crippen molar-refractivity contribution in [1.29, 1.82) is 0 Å². The van der Waals surface area contributed by atoms with Gasteiger partial charge in [0.25, 0.3) is 0 Å². The van der Waals surface area contributed by atoms with Gasteiger partial charge in [-0.05, 0) is 19.1 Å². The average molecular weight is 250 g/mol. The number of halogens is 1. The number of hydrogen-bond acceptors (Lipinski definition) is 2. The molecule has 0 radical (unpaired) electrons. The molecular weight excluding hydrogens is 239 g/mol. The van der Waals surface area contributed by atoms with Gasteiger partial charge in [0.15, 0.2) is 0 Å². The largest absolute Gasteiger partial charge is 0.478 e. The molecule has 0 saturated heterocycles. The fourth-order valence-electron chi connectivity index (χ4n) is 1.20. The number of nitrogens with one attached hydrogen (secondary N) is 2. The Kier molecular flexibility index (Phi) is 4.69. The fraction of sp³-hybridized carbons (Fsp3) is 0.167. The lowest BCUT2D eigenvalue weighted by Crippen LogP contribution is -2.30. The summed E-state index contributed by atoms with van der Waals surface area (Å²) in [4.78, 5) is 22.2. The van der Waals surface area contributed by atoms with Crippen molar-refractivity contribution in [3.63, 3.8) is 0 Å². The molecule has 1 rings (SSSR count). The molecule has 2 amide bonds. The van der Waals surface area contributed by atoms with Crippen molar-refractivity contribution in [2.75, 3.05) is 11.9 Å². The van der Waals surface area contributed by atoms with Crippen LogP contribution in [0, 0.1) is 17.7 Å². The summed E-state index contributed by atoms with van der Waals surface area (Å²) in [5.41, 5.74) is -0.682. The summed E-state index contributed by atoms with van der Waals surface area (Å²) in [6.45, 7) is 1.71. The third kappa shape index (κ3) is 3.49.